The Morgan fingerprint density at radius 3 is 2.29 bits per heavy atom. The maximum atomic E-state index is 9.84. The van der Waals surface area contributed by atoms with E-state index in [-0.39, 0.29) is 6.10 Å². The van der Waals surface area contributed by atoms with Gasteiger partial charge in [-0.2, -0.15) is 0 Å². The summed E-state index contributed by atoms with van der Waals surface area (Å²) in [5.41, 5.74) is 2.31. The van der Waals surface area contributed by atoms with E-state index < -0.39 is 0 Å². The van der Waals surface area contributed by atoms with Crippen molar-refractivity contribution in [1.82, 2.24) is 5.32 Å². The van der Waals surface area contributed by atoms with Crippen LogP contribution >= 0.6 is 0 Å². The second kappa shape index (κ2) is 7.43. The summed E-state index contributed by atoms with van der Waals surface area (Å²) in [5, 5.41) is 13.1. The number of hydrogen-bond donors (Lipinski definition) is 2. The minimum absolute atomic E-state index is 0.328. The molecule has 17 heavy (non-hydrogen) atoms. The van der Waals surface area contributed by atoms with E-state index in [0.717, 1.165) is 11.1 Å². The van der Waals surface area contributed by atoms with Gasteiger partial charge in [-0.25, -0.2) is 0 Å². The summed E-state index contributed by atoms with van der Waals surface area (Å²) in [6, 6.07) is 8.59. The highest BCUT2D eigenvalue weighted by Gasteiger charge is 2.06. The number of methoxy groups -OCH3 is 1. The summed E-state index contributed by atoms with van der Waals surface area (Å²) >= 11 is 0. The number of rotatable bonds is 7. The van der Waals surface area contributed by atoms with Crippen molar-refractivity contribution in [2.45, 2.75) is 39.0 Å². The quantitative estimate of drug-likeness (QED) is 0.759. The van der Waals surface area contributed by atoms with Crippen LogP contribution in [0, 0.1) is 0 Å². The highest BCUT2D eigenvalue weighted by molar-refractivity contribution is 5.22. The van der Waals surface area contributed by atoms with Gasteiger partial charge in [0.05, 0.1) is 12.7 Å². The summed E-state index contributed by atoms with van der Waals surface area (Å²) in [5.74, 6) is 0. The van der Waals surface area contributed by atoms with Crippen LogP contribution in [0.3, 0.4) is 0 Å². The van der Waals surface area contributed by atoms with Crippen molar-refractivity contribution >= 4 is 0 Å². The Balaban J connectivity index is 2.40. The van der Waals surface area contributed by atoms with E-state index in [0.29, 0.717) is 25.6 Å². The van der Waals surface area contributed by atoms with E-state index in [1.807, 2.05) is 24.3 Å². The number of ether oxygens (including phenoxy) is 1. The molecular formula is C14H23NO2. The molecule has 3 nitrogen and oxygen atoms in total. The van der Waals surface area contributed by atoms with Crippen molar-refractivity contribution in [3.8, 4) is 0 Å². The van der Waals surface area contributed by atoms with Crippen molar-refractivity contribution in [2.75, 3.05) is 13.7 Å². The van der Waals surface area contributed by atoms with Crippen LogP contribution in [0.1, 0.15) is 25.0 Å². The van der Waals surface area contributed by atoms with Gasteiger partial charge in [-0.15, -0.1) is 0 Å². The maximum absolute atomic E-state index is 9.84. The van der Waals surface area contributed by atoms with Crippen LogP contribution in [0.5, 0.6) is 0 Å². The number of nitrogens with one attached hydrogen (secondary N) is 1. The first-order valence-electron chi connectivity index (χ1n) is 6.10. The highest BCUT2D eigenvalue weighted by Crippen LogP contribution is 2.07. The first-order valence-corrected chi connectivity index (χ1v) is 6.10. The molecular weight excluding hydrogens is 214 g/mol. The lowest BCUT2D eigenvalue weighted by atomic mass is 10.1. The Morgan fingerprint density at radius 1 is 1.18 bits per heavy atom. The van der Waals surface area contributed by atoms with Gasteiger partial charge in [0.1, 0.15) is 0 Å². The van der Waals surface area contributed by atoms with Gasteiger partial charge < -0.3 is 15.2 Å². The lowest BCUT2D eigenvalue weighted by Crippen LogP contribution is -2.33. The van der Waals surface area contributed by atoms with E-state index in [1.54, 1.807) is 7.11 Å². The van der Waals surface area contributed by atoms with E-state index in [9.17, 15) is 5.11 Å². The highest BCUT2D eigenvalue weighted by atomic mass is 16.5. The molecule has 0 amide bonds. The Bertz CT molecular complexity index is 309. The molecule has 1 rings (SSSR count). The fourth-order valence-corrected chi connectivity index (χ4v) is 1.65. The number of benzene rings is 1. The van der Waals surface area contributed by atoms with Crippen LogP contribution < -0.4 is 5.32 Å². The van der Waals surface area contributed by atoms with Crippen molar-refractivity contribution in [1.29, 1.82) is 0 Å². The standard InChI is InChI=1S/C14H23NO2/c1-11(2)15-9-14(16)8-12-4-6-13(7-5-12)10-17-3/h4-7,11,14-16H,8-10H2,1-3H3. The molecule has 0 aliphatic rings. The van der Waals surface area contributed by atoms with Gasteiger partial charge in [0.2, 0.25) is 0 Å². The minimum Gasteiger partial charge on any atom is -0.391 e. The molecule has 0 aliphatic carbocycles. The smallest absolute Gasteiger partial charge is 0.0713 e. The molecule has 1 aromatic rings. The molecule has 1 atom stereocenters. The summed E-state index contributed by atoms with van der Waals surface area (Å²) < 4.78 is 5.05. The largest absolute Gasteiger partial charge is 0.391 e. The maximum Gasteiger partial charge on any atom is 0.0713 e. The van der Waals surface area contributed by atoms with Crippen LogP contribution in [0.4, 0.5) is 0 Å². The van der Waals surface area contributed by atoms with Crippen molar-refractivity contribution in [3.63, 3.8) is 0 Å². The van der Waals surface area contributed by atoms with Crippen LogP contribution in [-0.4, -0.2) is 30.9 Å². The Labute approximate surface area is 104 Å². The van der Waals surface area contributed by atoms with E-state index in [4.69, 9.17) is 4.74 Å². The van der Waals surface area contributed by atoms with Gasteiger partial charge >= 0.3 is 0 Å². The van der Waals surface area contributed by atoms with Gasteiger partial charge in [0.15, 0.2) is 0 Å². The zero-order valence-corrected chi connectivity index (χ0v) is 10.9. The van der Waals surface area contributed by atoms with E-state index >= 15 is 0 Å². The molecule has 1 unspecified atom stereocenters. The molecule has 0 aromatic heterocycles. The van der Waals surface area contributed by atoms with Gasteiger partial charge in [-0.1, -0.05) is 38.1 Å². The number of aliphatic hydroxyl groups is 1. The zero-order chi connectivity index (χ0) is 12.7. The molecule has 0 spiro atoms. The fraction of sp³-hybridized carbons (Fsp3) is 0.571. The predicted octanol–water partition coefficient (Wildman–Crippen LogP) is 1.73. The third-order valence-corrected chi connectivity index (χ3v) is 2.57. The molecule has 0 radical (unpaired) electrons. The average Bonchev–Trinajstić information content (AvgIpc) is 2.29. The van der Waals surface area contributed by atoms with Crippen LogP contribution in [0.15, 0.2) is 24.3 Å². The van der Waals surface area contributed by atoms with Gasteiger partial charge in [-0.05, 0) is 17.5 Å². The molecule has 3 heteroatoms. The van der Waals surface area contributed by atoms with Crippen molar-refractivity contribution < 1.29 is 9.84 Å². The molecule has 96 valence electrons. The summed E-state index contributed by atoms with van der Waals surface area (Å²) in [6.45, 7) is 5.42. The van der Waals surface area contributed by atoms with Crippen LogP contribution in [-0.2, 0) is 17.8 Å². The van der Waals surface area contributed by atoms with Crippen molar-refractivity contribution in [3.05, 3.63) is 35.4 Å². The third-order valence-electron chi connectivity index (χ3n) is 2.57. The monoisotopic (exact) mass is 237 g/mol. The second-order valence-electron chi connectivity index (χ2n) is 4.67. The number of aliphatic hydroxyl groups excluding tert-OH is 1. The molecule has 2 N–H and O–H groups in total. The summed E-state index contributed by atoms with van der Waals surface area (Å²) in [6.07, 6.45) is 0.359. The summed E-state index contributed by atoms with van der Waals surface area (Å²) in [7, 11) is 1.69. The molecule has 0 heterocycles. The van der Waals surface area contributed by atoms with Crippen LogP contribution in [0.25, 0.3) is 0 Å². The molecule has 0 saturated heterocycles. The molecule has 0 bridgehead atoms. The Kier molecular flexibility index (Phi) is 6.19. The topological polar surface area (TPSA) is 41.5 Å². The van der Waals surface area contributed by atoms with Crippen molar-refractivity contribution in [2.24, 2.45) is 0 Å². The average molecular weight is 237 g/mol. The third kappa shape index (κ3) is 5.82. The van der Waals surface area contributed by atoms with Gasteiger partial charge in [-0.3, -0.25) is 0 Å². The Morgan fingerprint density at radius 2 is 1.76 bits per heavy atom. The normalized spacial score (nSPS) is 13.0. The first kappa shape index (κ1) is 14.2. The van der Waals surface area contributed by atoms with E-state index in [1.165, 1.54) is 0 Å². The molecule has 1 aromatic carbocycles. The fourth-order valence-electron chi connectivity index (χ4n) is 1.65. The Hall–Kier alpha value is -0.900. The molecule has 0 saturated carbocycles. The lowest BCUT2D eigenvalue weighted by Gasteiger charge is -2.14. The van der Waals surface area contributed by atoms with E-state index in [2.05, 4.69) is 19.2 Å². The SMILES string of the molecule is COCc1ccc(CC(O)CNC(C)C)cc1. The number of hydrogen-bond acceptors (Lipinski definition) is 3. The second-order valence-corrected chi connectivity index (χ2v) is 4.67. The predicted molar refractivity (Wildman–Crippen MR) is 70.0 cm³/mol. The zero-order valence-electron chi connectivity index (χ0n) is 10.9. The lowest BCUT2D eigenvalue weighted by molar-refractivity contribution is 0.169. The van der Waals surface area contributed by atoms with Gasteiger partial charge in [0, 0.05) is 19.7 Å². The first-order chi connectivity index (χ1) is 8.11. The minimum atomic E-state index is -0.328. The molecule has 0 fully saturated rings. The summed E-state index contributed by atoms with van der Waals surface area (Å²) in [4.78, 5) is 0. The van der Waals surface area contributed by atoms with Gasteiger partial charge in [0.25, 0.3) is 0 Å². The van der Waals surface area contributed by atoms with Crippen LogP contribution in [0.2, 0.25) is 0 Å². The molecule has 0 aliphatic heterocycles.